The Balaban J connectivity index is 1.68. The van der Waals surface area contributed by atoms with Crippen molar-refractivity contribution in [2.75, 3.05) is 32.1 Å². The molecular weight excluding hydrogens is 464 g/mol. The summed E-state index contributed by atoms with van der Waals surface area (Å²) in [4.78, 5) is 30.5. The van der Waals surface area contributed by atoms with Crippen molar-refractivity contribution in [2.45, 2.75) is 46.7 Å². The molecule has 0 aliphatic carbocycles. The fourth-order valence-corrected chi connectivity index (χ4v) is 5.56. The lowest BCUT2D eigenvalue weighted by Crippen LogP contribution is -2.50. The van der Waals surface area contributed by atoms with Crippen molar-refractivity contribution < 1.29 is 9.59 Å². The van der Waals surface area contributed by atoms with Gasteiger partial charge in [0.25, 0.3) is 5.91 Å². The molecule has 0 bridgehead atoms. The van der Waals surface area contributed by atoms with Crippen LogP contribution < -0.4 is 15.5 Å². The van der Waals surface area contributed by atoms with Gasteiger partial charge in [-0.15, -0.1) is 0 Å². The van der Waals surface area contributed by atoms with Gasteiger partial charge in [0.05, 0.1) is 23.3 Å². The molecule has 1 saturated heterocycles. The quantitative estimate of drug-likeness (QED) is 0.485. The van der Waals surface area contributed by atoms with Crippen LogP contribution in [0.15, 0.2) is 36.5 Å². The van der Waals surface area contributed by atoms with Crippen LogP contribution in [0.25, 0.3) is 10.9 Å². The molecule has 2 aromatic carbocycles. The van der Waals surface area contributed by atoms with Crippen molar-refractivity contribution in [1.29, 1.82) is 0 Å². The van der Waals surface area contributed by atoms with Crippen molar-refractivity contribution >= 4 is 34.1 Å². The number of aryl methyl sites for hydroxylation is 1. The van der Waals surface area contributed by atoms with Gasteiger partial charge in [0.2, 0.25) is 5.91 Å². The fraction of sp³-hybridized carbons (Fsp3) is 0.483. The van der Waals surface area contributed by atoms with Gasteiger partial charge in [-0.2, -0.15) is 5.10 Å². The lowest BCUT2D eigenvalue weighted by molar-refractivity contribution is -0.129. The van der Waals surface area contributed by atoms with E-state index >= 15 is 0 Å². The summed E-state index contributed by atoms with van der Waals surface area (Å²) in [5.41, 5.74) is 5.69. The molecule has 2 N–H and O–H groups in total. The minimum absolute atomic E-state index is 0.0147. The highest BCUT2D eigenvalue weighted by Gasteiger charge is 2.32. The first-order valence-electron chi connectivity index (χ1n) is 13.2. The zero-order chi connectivity index (χ0) is 26.9. The van der Waals surface area contributed by atoms with Gasteiger partial charge in [-0.05, 0) is 76.5 Å². The van der Waals surface area contributed by atoms with Gasteiger partial charge >= 0.3 is 0 Å². The molecule has 3 unspecified atom stereocenters. The molecule has 8 heteroatoms. The zero-order valence-corrected chi connectivity index (χ0v) is 23.1. The van der Waals surface area contributed by atoms with E-state index in [1.807, 2.05) is 33.2 Å². The molecule has 0 spiro atoms. The number of nitrogens with one attached hydrogen (secondary N) is 2. The second-order valence-corrected chi connectivity index (χ2v) is 10.7. The Morgan fingerprint density at radius 3 is 2.54 bits per heavy atom. The van der Waals surface area contributed by atoms with Gasteiger partial charge < -0.3 is 20.4 Å². The first-order chi connectivity index (χ1) is 17.6. The summed E-state index contributed by atoms with van der Waals surface area (Å²) in [6.07, 6.45) is 2.78. The molecule has 1 aromatic heterocycles. The molecule has 2 heterocycles. The third-order valence-electron chi connectivity index (χ3n) is 7.48. The topological polar surface area (TPSA) is 82.5 Å². The Morgan fingerprint density at radius 1 is 1.22 bits per heavy atom. The van der Waals surface area contributed by atoms with E-state index in [1.165, 1.54) is 5.56 Å². The lowest BCUT2D eigenvalue weighted by Gasteiger charge is -2.32. The highest BCUT2D eigenvalue weighted by Crippen LogP contribution is 2.37. The monoisotopic (exact) mass is 504 g/mol. The number of hydrogen-bond donors (Lipinski definition) is 2. The third-order valence-corrected chi connectivity index (χ3v) is 7.48. The van der Waals surface area contributed by atoms with E-state index in [0.717, 1.165) is 47.4 Å². The molecule has 198 valence electrons. The first kappa shape index (κ1) is 26.7. The average Bonchev–Trinajstić information content (AvgIpc) is 3.20. The Labute approximate surface area is 220 Å². The largest absolute Gasteiger partial charge is 0.353 e. The number of hydrogen-bond acceptors (Lipinski definition) is 5. The van der Waals surface area contributed by atoms with E-state index in [1.54, 1.807) is 4.68 Å². The van der Waals surface area contributed by atoms with Crippen molar-refractivity contribution in [2.24, 2.45) is 18.9 Å². The van der Waals surface area contributed by atoms with Crippen LogP contribution in [0, 0.1) is 18.8 Å². The van der Waals surface area contributed by atoms with Crippen LogP contribution in [0.5, 0.6) is 0 Å². The SMILES string of the molecule is CCN(c1ccc(CN(C)C)cc1)c1c(C)c(C(=O)NCC2C(=O)NC(C)CC2C)cc2c1cnn2C. The fourth-order valence-electron chi connectivity index (χ4n) is 5.56. The number of aromatic nitrogens is 2. The Morgan fingerprint density at radius 2 is 1.92 bits per heavy atom. The number of fused-ring (bicyclic) bond motifs is 1. The molecule has 2 amide bonds. The Bertz CT molecular complexity index is 1280. The highest BCUT2D eigenvalue weighted by atomic mass is 16.2. The summed E-state index contributed by atoms with van der Waals surface area (Å²) in [6.45, 7) is 10.2. The van der Waals surface area contributed by atoms with E-state index in [2.05, 4.69) is 77.7 Å². The number of rotatable bonds is 8. The summed E-state index contributed by atoms with van der Waals surface area (Å²) in [5, 5.41) is 11.6. The maximum absolute atomic E-state index is 13.5. The van der Waals surface area contributed by atoms with Gasteiger partial charge in [-0.3, -0.25) is 14.3 Å². The molecule has 37 heavy (non-hydrogen) atoms. The molecule has 3 atom stereocenters. The maximum atomic E-state index is 13.5. The molecule has 1 aliphatic heterocycles. The molecule has 1 aliphatic rings. The van der Waals surface area contributed by atoms with Gasteiger partial charge in [0.15, 0.2) is 0 Å². The summed E-state index contributed by atoms with van der Waals surface area (Å²) < 4.78 is 1.81. The summed E-state index contributed by atoms with van der Waals surface area (Å²) in [6, 6.07) is 10.7. The van der Waals surface area contributed by atoms with Crippen LogP contribution in [-0.2, 0) is 18.4 Å². The van der Waals surface area contributed by atoms with Crippen LogP contribution >= 0.6 is 0 Å². The van der Waals surface area contributed by atoms with E-state index in [0.29, 0.717) is 12.1 Å². The minimum atomic E-state index is -0.229. The highest BCUT2D eigenvalue weighted by molar-refractivity contribution is 6.06. The van der Waals surface area contributed by atoms with Crippen LogP contribution in [0.3, 0.4) is 0 Å². The van der Waals surface area contributed by atoms with Crippen LogP contribution in [0.2, 0.25) is 0 Å². The number of amides is 2. The van der Waals surface area contributed by atoms with E-state index in [4.69, 9.17) is 0 Å². The summed E-state index contributed by atoms with van der Waals surface area (Å²) in [5.74, 6) is -0.168. The third kappa shape index (κ3) is 5.49. The summed E-state index contributed by atoms with van der Waals surface area (Å²) in [7, 11) is 6.02. The standard InChI is InChI=1S/C29H40N6O2/c1-8-35(22-11-9-21(10-12-22)17-33(5)6)27-20(4)23(14-26-25(27)16-31-34(26)7)28(36)30-15-24-18(2)13-19(3)32-29(24)37/h9-12,14,16,18-19,24H,8,13,15,17H2,1-7H3,(H,30,36)(H,32,37). The lowest BCUT2D eigenvalue weighted by atomic mass is 9.84. The molecule has 0 radical (unpaired) electrons. The van der Waals surface area contributed by atoms with E-state index < -0.39 is 0 Å². The maximum Gasteiger partial charge on any atom is 0.251 e. The number of benzene rings is 2. The number of anilines is 2. The van der Waals surface area contributed by atoms with Crippen LogP contribution in [0.1, 0.15) is 48.7 Å². The first-order valence-corrected chi connectivity index (χ1v) is 13.2. The number of carbonyl (C=O) groups excluding carboxylic acids is 2. The average molecular weight is 505 g/mol. The zero-order valence-electron chi connectivity index (χ0n) is 23.1. The molecular formula is C29H40N6O2. The van der Waals surface area contributed by atoms with Gasteiger partial charge in [-0.1, -0.05) is 19.1 Å². The molecule has 1 fully saturated rings. The van der Waals surface area contributed by atoms with Gasteiger partial charge in [0, 0.05) is 49.4 Å². The number of carbonyl (C=O) groups is 2. The second-order valence-electron chi connectivity index (χ2n) is 10.7. The van der Waals surface area contributed by atoms with Crippen molar-refractivity contribution in [3.05, 3.63) is 53.2 Å². The Kier molecular flexibility index (Phi) is 7.87. The predicted octanol–water partition coefficient (Wildman–Crippen LogP) is 3.99. The Hall–Kier alpha value is -3.39. The van der Waals surface area contributed by atoms with Crippen molar-refractivity contribution in [3.63, 3.8) is 0 Å². The molecule has 4 rings (SSSR count). The van der Waals surface area contributed by atoms with E-state index in [9.17, 15) is 9.59 Å². The smallest absolute Gasteiger partial charge is 0.251 e. The van der Waals surface area contributed by atoms with Crippen LogP contribution in [0.4, 0.5) is 11.4 Å². The van der Waals surface area contributed by atoms with Gasteiger partial charge in [0.1, 0.15) is 0 Å². The van der Waals surface area contributed by atoms with Crippen molar-refractivity contribution in [3.8, 4) is 0 Å². The second kappa shape index (κ2) is 10.9. The molecule has 8 nitrogen and oxygen atoms in total. The number of nitrogens with zero attached hydrogens (tertiary/aromatic N) is 4. The molecule has 0 saturated carbocycles. The molecule has 3 aromatic rings. The van der Waals surface area contributed by atoms with Crippen molar-refractivity contribution in [1.82, 2.24) is 25.3 Å². The number of piperidine rings is 1. The van der Waals surface area contributed by atoms with E-state index in [-0.39, 0.29) is 29.7 Å². The van der Waals surface area contributed by atoms with Gasteiger partial charge in [-0.25, -0.2) is 0 Å². The van der Waals surface area contributed by atoms with Crippen LogP contribution in [-0.4, -0.2) is 59.7 Å². The summed E-state index contributed by atoms with van der Waals surface area (Å²) >= 11 is 0. The normalized spacial score (nSPS) is 19.8. The predicted molar refractivity (Wildman–Crippen MR) is 149 cm³/mol. The minimum Gasteiger partial charge on any atom is -0.353 e.